The zero-order valence-corrected chi connectivity index (χ0v) is 11.2. The van der Waals surface area contributed by atoms with E-state index >= 15 is 0 Å². The molecule has 0 amide bonds. The van der Waals surface area contributed by atoms with Crippen molar-refractivity contribution in [2.75, 3.05) is 6.54 Å². The maximum atomic E-state index is 9.89. The molecule has 0 aromatic heterocycles. The summed E-state index contributed by atoms with van der Waals surface area (Å²) in [5, 5.41) is 23.3. The van der Waals surface area contributed by atoms with Gasteiger partial charge in [-0.3, -0.25) is 0 Å². The molecule has 19 heavy (non-hydrogen) atoms. The summed E-state index contributed by atoms with van der Waals surface area (Å²) < 4.78 is 0. The van der Waals surface area contributed by atoms with E-state index in [1.165, 1.54) is 43.2 Å². The quantitative estimate of drug-likeness (QED) is 0.627. The molecule has 1 aromatic carbocycles. The zero-order valence-electron chi connectivity index (χ0n) is 11.2. The lowest BCUT2D eigenvalue weighted by atomic mass is 9.53. The first kappa shape index (κ1) is 11.6. The molecule has 3 N–H and O–H groups in total. The SMILES string of the molecule is Oc1cc2c(cc1O)C13CCCCC1C(C2)NCC3. The Hall–Kier alpha value is -1.22. The Bertz CT molecular complexity index is 524. The van der Waals surface area contributed by atoms with E-state index in [2.05, 4.69) is 5.32 Å². The number of hydrogen-bond acceptors (Lipinski definition) is 3. The first-order valence-corrected chi connectivity index (χ1v) is 7.49. The van der Waals surface area contributed by atoms with Gasteiger partial charge in [-0.05, 0) is 61.4 Å². The van der Waals surface area contributed by atoms with Crippen LogP contribution in [0.2, 0.25) is 0 Å². The van der Waals surface area contributed by atoms with Crippen LogP contribution in [0.1, 0.15) is 43.2 Å². The minimum Gasteiger partial charge on any atom is -0.504 e. The molecule has 3 unspecified atom stereocenters. The topological polar surface area (TPSA) is 52.5 Å². The second-order valence-corrected chi connectivity index (χ2v) is 6.52. The molecular formula is C16H21NO2. The fourth-order valence-electron chi connectivity index (χ4n) is 4.96. The monoisotopic (exact) mass is 259 g/mol. The zero-order chi connectivity index (χ0) is 13.0. The van der Waals surface area contributed by atoms with Gasteiger partial charge in [-0.2, -0.15) is 0 Å². The standard InChI is InChI=1S/C16H21NO2/c18-14-8-10-7-13-11-3-1-2-4-16(11,5-6-17-13)12(10)9-15(14)19/h8-9,11,13,17-19H,1-7H2. The Balaban J connectivity index is 1.92. The van der Waals surface area contributed by atoms with Crippen molar-refractivity contribution in [1.82, 2.24) is 5.32 Å². The molecule has 3 heteroatoms. The number of aromatic hydroxyl groups is 2. The summed E-state index contributed by atoms with van der Waals surface area (Å²) >= 11 is 0. The molecule has 1 saturated carbocycles. The lowest BCUT2D eigenvalue weighted by Gasteiger charge is -2.56. The molecule has 0 radical (unpaired) electrons. The van der Waals surface area contributed by atoms with E-state index in [1.807, 2.05) is 6.07 Å². The van der Waals surface area contributed by atoms with Gasteiger partial charge in [-0.25, -0.2) is 0 Å². The van der Waals surface area contributed by atoms with Gasteiger partial charge in [0.25, 0.3) is 0 Å². The highest BCUT2D eigenvalue weighted by atomic mass is 16.3. The maximum Gasteiger partial charge on any atom is 0.157 e. The summed E-state index contributed by atoms with van der Waals surface area (Å²) in [6, 6.07) is 4.20. The summed E-state index contributed by atoms with van der Waals surface area (Å²) in [7, 11) is 0. The highest BCUT2D eigenvalue weighted by Gasteiger charge is 2.51. The summed E-state index contributed by atoms with van der Waals surface area (Å²) in [4.78, 5) is 0. The van der Waals surface area contributed by atoms with Gasteiger partial charge in [0.15, 0.2) is 11.5 Å². The largest absolute Gasteiger partial charge is 0.504 e. The van der Waals surface area contributed by atoms with Crippen LogP contribution in [0.3, 0.4) is 0 Å². The molecule has 102 valence electrons. The van der Waals surface area contributed by atoms with Gasteiger partial charge < -0.3 is 15.5 Å². The van der Waals surface area contributed by atoms with E-state index < -0.39 is 0 Å². The molecular weight excluding hydrogens is 238 g/mol. The molecule has 1 heterocycles. The van der Waals surface area contributed by atoms with Crippen molar-refractivity contribution in [3.8, 4) is 11.5 Å². The molecule has 0 spiro atoms. The van der Waals surface area contributed by atoms with E-state index in [9.17, 15) is 10.2 Å². The van der Waals surface area contributed by atoms with Gasteiger partial charge in [0.1, 0.15) is 0 Å². The van der Waals surface area contributed by atoms with Crippen LogP contribution in [0, 0.1) is 5.92 Å². The Morgan fingerprint density at radius 2 is 1.95 bits per heavy atom. The van der Waals surface area contributed by atoms with Crippen molar-refractivity contribution >= 4 is 0 Å². The average Bonchev–Trinajstić information content (AvgIpc) is 2.41. The predicted molar refractivity (Wildman–Crippen MR) is 73.5 cm³/mol. The summed E-state index contributed by atoms with van der Waals surface area (Å²) in [5.74, 6) is 0.795. The van der Waals surface area contributed by atoms with Gasteiger partial charge in [0.05, 0.1) is 0 Å². The van der Waals surface area contributed by atoms with E-state index in [4.69, 9.17) is 0 Å². The third kappa shape index (κ3) is 1.48. The van der Waals surface area contributed by atoms with Crippen LogP contribution in [-0.2, 0) is 11.8 Å². The summed E-state index contributed by atoms with van der Waals surface area (Å²) in [5.41, 5.74) is 2.82. The number of rotatable bonds is 0. The average molecular weight is 259 g/mol. The fourth-order valence-corrected chi connectivity index (χ4v) is 4.96. The number of nitrogens with one attached hydrogen (secondary N) is 1. The number of phenolic OH excluding ortho intramolecular Hbond substituents is 2. The fraction of sp³-hybridized carbons (Fsp3) is 0.625. The number of piperidine rings is 1. The molecule has 3 nitrogen and oxygen atoms in total. The summed E-state index contributed by atoms with van der Waals surface area (Å²) in [6.45, 7) is 1.09. The maximum absolute atomic E-state index is 9.89. The first-order chi connectivity index (χ1) is 9.21. The Morgan fingerprint density at radius 1 is 1.11 bits per heavy atom. The molecule has 1 aromatic rings. The van der Waals surface area contributed by atoms with Crippen LogP contribution in [0.25, 0.3) is 0 Å². The van der Waals surface area contributed by atoms with Crippen molar-refractivity contribution in [3.05, 3.63) is 23.3 Å². The highest BCUT2D eigenvalue weighted by Crippen LogP contribution is 2.55. The smallest absolute Gasteiger partial charge is 0.157 e. The number of benzene rings is 1. The highest BCUT2D eigenvalue weighted by molar-refractivity contribution is 5.51. The minimum atomic E-state index is 0.0301. The van der Waals surface area contributed by atoms with Crippen molar-refractivity contribution in [1.29, 1.82) is 0 Å². The molecule has 4 rings (SSSR count). The van der Waals surface area contributed by atoms with Gasteiger partial charge in [-0.15, -0.1) is 0 Å². The number of fused-ring (bicyclic) bond motifs is 1. The predicted octanol–water partition coefficient (Wildman–Crippen LogP) is 2.44. The van der Waals surface area contributed by atoms with Crippen LogP contribution in [0.5, 0.6) is 11.5 Å². The molecule has 2 fully saturated rings. The van der Waals surface area contributed by atoms with Crippen LogP contribution < -0.4 is 5.32 Å². The van der Waals surface area contributed by atoms with Crippen molar-refractivity contribution in [2.45, 2.75) is 50.0 Å². The number of hydrogen-bond donors (Lipinski definition) is 3. The van der Waals surface area contributed by atoms with Crippen LogP contribution >= 0.6 is 0 Å². The molecule has 2 aliphatic carbocycles. The van der Waals surface area contributed by atoms with E-state index in [0.717, 1.165) is 13.0 Å². The molecule has 2 bridgehead atoms. The normalized spacial score (nSPS) is 36.4. The Kier molecular flexibility index (Phi) is 2.37. The van der Waals surface area contributed by atoms with Gasteiger partial charge in [0.2, 0.25) is 0 Å². The Morgan fingerprint density at radius 3 is 2.84 bits per heavy atom. The lowest BCUT2D eigenvalue weighted by Crippen LogP contribution is -2.59. The molecule has 1 aliphatic heterocycles. The third-order valence-electron chi connectivity index (χ3n) is 5.74. The van der Waals surface area contributed by atoms with Gasteiger partial charge in [-0.1, -0.05) is 12.8 Å². The van der Waals surface area contributed by atoms with Crippen molar-refractivity contribution in [3.63, 3.8) is 0 Å². The van der Waals surface area contributed by atoms with E-state index in [0.29, 0.717) is 12.0 Å². The second-order valence-electron chi connectivity index (χ2n) is 6.52. The summed E-state index contributed by atoms with van der Waals surface area (Å²) in [6.07, 6.45) is 7.35. The second kappa shape index (κ2) is 3.89. The van der Waals surface area contributed by atoms with Gasteiger partial charge in [0, 0.05) is 11.5 Å². The Labute approximate surface area is 113 Å². The van der Waals surface area contributed by atoms with Gasteiger partial charge >= 0.3 is 0 Å². The van der Waals surface area contributed by atoms with Crippen molar-refractivity contribution in [2.24, 2.45) is 5.92 Å². The first-order valence-electron chi connectivity index (χ1n) is 7.49. The van der Waals surface area contributed by atoms with E-state index in [1.54, 1.807) is 6.07 Å². The van der Waals surface area contributed by atoms with E-state index in [-0.39, 0.29) is 16.9 Å². The molecule has 1 saturated heterocycles. The lowest BCUT2D eigenvalue weighted by molar-refractivity contribution is 0.0794. The number of phenols is 2. The minimum absolute atomic E-state index is 0.0301. The third-order valence-corrected chi connectivity index (χ3v) is 5.74. The van der Waals surface area contributed by atoms with Crippen LogP contribution in [0.4, 0.5) is 0 Å². The molecule has 3 aliphatic rings. The van der Waals surface area contributed by atoms with Crippen LogP contribution in [0.15, 0.2) is 12.1 Å². The molecule has 3 atom stereocenters. The van der Waals surface area contributed by atoms with Crippen molar-refractivity contribution < 1.29 is 10.2 Å². The van der Waals surface area contributed by atoms with Crippen LogP contribution in [-0.4, -0.2) is 22.8 Å².